The van der Waals surface area contributed by atoms with Crippen molar-refractivity contribution in [1.82, 2.24) is 15.3 Å². The molecule has 0 radical (unpaired) electrons. The minimum Gasteiger partial charge on any atom is -0.490 e. The number of piperazine rings is 1. The number of nitrogens with one attached hydrogen (secondary N) is 1. The maximum atomic E-state index is 5.99. The lowest BCUT2D eigenvalue weighted by Gasteiger charge is -2.35. The first-order valence-electron chi connectivity index (χ1n) is 10.4. The number of hydrogen-bond acceptors (Lipinski definition) is 7. The van der Waals surface area contributed by atoms with Gasteiger partial charge in [0.15, 0.2) is 5.13 Å². The Bertz CT molecular complexity index is 1130. The average Bonchev–Trinajstić information content (AvgIpc) is 3.26. The maximum Gasteiger partial charge on any atom is 0.186 e. The zero-order valence-electron chi connectivity index (χ0n) is 17.5. The molecule has 1 aliphatic rings. The molecule has 6 nitrogen and oxygen atoms in total. The summed E-state index contributed by atoms with van der Waals surface area (Å²) in [5, 5.41) is 4.49. The molecule has 1 fully saturated rings. The van der Waals surface area contributed by atoms with E-state index < -0.39 is 0 Å². The third-order valence-electron chi connectivity index (χ3n) is 5.27. The minimum atomic E-state index is 0. The Hall–Kier alpha value is -2.87. The molecule has 1 atom stereocenters. The van der Waals surface area contributed by atoms with E-state index in [1.165, 1.54) is 0 Å². The Morgan fingerprint density at radius 2 is 1.94 bits per heavy atom. The number of ether oxygens (including phenoxy) is 2. The van der Waals surface area contributed by atoms with Gasteiger partial charge in [-0.1, -0.05) is 41.7 Å². The Labute approximate surface area is 197 Å². The van der Waals surface area contributed by atoms with Crippen LogP contribution < -0.4 is 19.7 Å². The predicted molar refractivity (Wildman–Crippen MR) is 131 cm³/mol. The summed E-state index contributed by atoms with van der Waals surface area (Å²) in [6.45, 7) is 3.84. The SMILES string of the molecule is Cl.c1ccc(COc2ccc3nc(N4CCNCC4COc4cccnc4)sc3c2)cc1. The largest absolute Gasteiger partial charge is 0.490 e. The van der Waals surface area contributed by atoms with Crippen molar-refractivity contribution in [1.29, 1.82) is 0 Å². The molecule has 3 heterocycles. The number of halogens is 1. The summed E-state index contributed by atoms with van der Waals surface area (Å²) in [4.78, 5) is 11.4. The van der Waals surface area contributed by atoms with E-state index in [2.05, 4.69) is 33.4 Å². The quantitative estimate of drug-likeness (QED) is 0.429. The van der Waals surface area contributed by atoms with Gasteiger partial charge in [0.05, 0.1) is 22.5 Å². The van der Waals surface area contributed by atoms with E-state index in [-0.39, 0.29) is 18.4 Å². The van der Waals surface area contributed by atoms with Crippen LogP contribution in [0.1, 0.15) is 5.56 Å². The highest BCUT2D eigenvalue weighted by Crippen LogP contribution is 2.33. The Morgan fingerprint density at radius 3 is 2.78 bits per heavy atom. The number of rotatable bonds is 7. The van der Waals surface area contributed by atoms with Gasteiger partial charge in [0.25, 0.3) is 0 Å². The molecule has 8 heteroatoms. The second kappa shape index (κ2) is 10.6. The van der Waals surface area contributed by atoms with E-state index in [4.69, 9.17) is 14.5 Å². The van der Waals surface area contributed by atoms with E-state index in [1.807, 2.05) is 42.5 Å². The lowest BCUT2D eigenvalue weighted by molar-refractivity contribution is 0.266. The van der Waals surface area contributed by atoms with Crippen molar-refractivity contribution in [3.63, 3.8) is 0 Å². The molecular formula is C24H25ClN4O2S. The van der Waals surface area contributed by atoms with Crippen molar-refractivity contribution in [3.05, 3.63) is 78.6 Å². The summed E-state index contributed by atoms with van der Waals surface area (Å²) in [7, 11) is 0. The first-order chi connectivity index (χ1) is 15.3. The molecule has 0 bridgehead atoms. The summed E-state index contributed by atoms with van der Waals surface area (Å²) in [6.07, 6.45) is 3.50. The molecule has 1 unspecified atom stereocenters. The van der Waals surface area contributed by atoms with Crippen molar-refractivity contribution in [3.8, 4) is 11.5 Å². The van der Waals surface area contributed by atoms with Crippen molar-refractivity contribution in [2.45, 2.75) is 12.6 Å². The van der Waals surface area contributed by atoms with Gasteiger partial charge in [-0.15, -0.1) is 12.4 Å². The number of pyridine rings is 1. The molecule has 5 rings (SSSR count). The third kappa shape index (κ3) is 5.30. The average molecular weight is 469 g/mol. The van der Waals surface area contributed by atoms with Gasteiger partial charge in [-0.05, 0) is 35.9 Å². The summed E-state index contributed by atoms with van der Waals surface area (Å²) >= 11 is 1.70. The maximum absolute atomic E-state index is 5.99. The zero-order valence-corrected chi connectivity index (χ0v) is 19.1. The first-order valence-corrected chi connectivity index (χ1v) is 11.2. The summed E-state index contributed by atoms with van der Waals surface area (Å²) in [5.74, 6) is 1.65. The lowest BCUT2D eigenvalue weighted by Crippen LogP contribution is -2.54. The molecule has 0 saturated carbocycles. The number of nitrogens with zero attached hydrogens (tertiary/aromatic N) is 3. The minimum absolute atomic E-state index is 0. The Balaban J connectivity index is 0.00000245. The van der Waals surface area contributed by atoms with Crippen LogP contribution in [0.3, 0.4) is 0 Å². The van der Waals surface area contributed by atoms with Crippen LogP contribution in [-0.4, -0.2) is 42.3 Å². The van der Waals surface area contributed by atoms with Crippen LogP contribution in [0.15, 0.2) is 73.1 Å². The van der Waals surface area contributed by atoms with Gasteiger partial charge < -0.3 is 19.7 Å². The van der Waals surface area contributed by atoms with E-state index >= 15 is 0 Å². The molecular weight excluding hydrogens is 444 g/mol. The highest BCUT2D eigenvalue weighted by Gasteiger charge is 2.25. The first kappa shape index (κ1) is 22.3. The van der Waals surface area contributed by atoms with Gasteiger partial charge in [-0.3, -0.25) is 4.98 Å². The molecule has 2 aromatic carbocycles. The summed E-state index contributed by atoms with van der Waals surface area (Å²) < 4.78 is 13.1. The standard InChI is InChI=1S/C24H24N4O2S.ClH/c1-2-5-18(6-3-1)16-29-20-8-9-22-23(13-20)31-24(27-22)28-12-11-26-14-19(28)17-30-21-7-4-10-25-15-21;/h1-10,13,15,19,26H,11-12,14,16-17H2;1H. The molecule has 1 aliphatic heterocycles. The van der Waals surface area contributed by atoms with Crippen LogP contribution in [0, 0.1) is 0 Å². The van der Waals surface area contributed by atoms with E-state index in [9.17, 15) is 0 Å². The van der Waals surface area contributed by atoms with Gasteiger partial charge in [0, 0.05) is 25.8 Å². The van der Waals surface area contributed by atoms with Crippen LogP contribution in [-0.2, 0) is 6.61 Å². The lowest BCUT2D eigenvalue weighted by atomic mass is 10.2. The van der Waals surface area contributed by atoms with E-state index in [0.717, 1.165) is 52.0 Å². The number of thiazole rings is 1. The predicted octanol–water partition coefficient (Wildman–Crippen LogP) is 4.55. The number of anilines is 1. The Kier molecular flexibility index (Phi) is 7.42. The normalized spacial score (nSPS) is 15.9. The monoisotopic (exact) mass is 468 g/mol. The summed E-state index contributed by atoms with van der Waals surface area (Å²) in [6, 6.07) is 20.4. The van der Waals surface area contributed by atoms with Crippen LogP contribution in [0.2, 0.25) is 0 Å². The number of fused-ring (bicyclic) bond motifs is 1. The van der Waals surface area contributed by atoms with Gasteiger partial charge >= 0.3 is 0 Å². The second-order valence-corrected chi connectivity index (χ2v) is 8.46. The fourth-order valence-electron chi connectivity index (χ4n) is 3.63. The van der Waals surface area contributed by atoms with Gasteiger partial charge in [0.2, 0.25) is 0 Å². The van der Waals surface area contributed by atoms with Crippen molar-refractivity contribution in [2.75, 3.05) is 31.1 Å². The molecule has 1 saturated heterocycles. The van der Waals surface area contributed by atoms with Crippen LogP contribution >= 0.6 is 23.7 Å². The highest BCUT2D eigenvalue weighted by atomic mass is 35.5. The molecule has 0 spiro atoms. The molecule has 4 aromatic rings. The summed E-state index contributed by atoms with van der Waals surface area (Å²) in [5.41, 5.74) is 2.15. The highest BCUT2D eigenvalue weighted by molar-refractivity contribution is 7.22. The number of aromatic nitrogens is 2. The van der Waals surface area contributed by atoms with Gasteiger partial charge in [-0.2, -0.15) is 0 Å². The van der Waals surface area contributed by atoms with Crippen LogP contribution in [0.4, 0.5) is 5.13 Å². The van der Waals surface area contributed by atoms with Crippen LogP contribution in [0.25, 0.3) is 10.2 Å². The van der Waals surface area contributed by atoms with Crippen LogP contribution in [0.5, 0.6) is 11.5 Å². The fraction of sp³-hybridized carbons (Fsp3) is 0.250. The zero-order chi connectivity index (χ0) is 20.9. The topological polar surface area (TPSA) is 59.5 Å². The van der Waals surface area contributed by atoms with Gasteiger partial charge in [-0.25, -0.2) is 4.98 Å². The number of hydrogen-bond donors (Lipinski definition) is 1. The molecule has 1 N–H and O–H groups in total. The van der Waals surface area contributed by atoms with Gasteiger partial charge in [0.1, 0.15) is 24.7 Å². The smallest absolute Gasteiger partial charge is 0.186 e. The molecule has 2 aromatic heterocycles. The molecule has 0 aliphatic carbocycles. The van der Waals surface area contributed by atoms with Crippen molar-refractivity contribution in [2.24, 2.45) is 0 Å². The second-order valence-electron chi connectivity index (χ2n) is 7.45. The molecule has 32 heavy (non-hydrogen) atoms. The van der Waals surface area contributed by atoms with Crippen molar-refractivity contribution >= 4 is 39.1 Å². The van der Waals surface area contributed by atoms with E-state index in [0.29, 0.717) is 13.2 Å². The molecule has 166 valence electrons. The Morgan fingerprint density at radius 1 is 1.03 bits per heavy atom. The fourth-order valence-corrected chi connectivity index (χ4v) is 4.72. The van der Waals surface area contributed by atoms with Crippen molar-refractivity contribution < 1.29 is 9.47 Å². The number of benzene rings is 2. The molecule has 0 amide bonds. The third-order valence-corrected chi connectivity index (χ3v) is 6.32. The van der Waals surface area contributed by atoms with E-state index in [1.54, 1.807) is 23.7 Å².